The molecule has 132 valence electrons. The minimum atomic E-state index is -0.817. The summed E-state index contributed by atoms with van der Waals surface area (Å²) in [4.78, 5) is 21.6. The molecule has 1 aromatic carbocycles. The maximum absolute atomic E-state index is 14.4. The van der Waals surface area contributed by atoms with Crippen molar-refractivity contribution in [2.45, 2.75) is 18.4 Å². The van der Waals surface area contributed by atoms with Crippen LogP contribution in [0.1, 0.15) is 12.8 Å². The normalized spacial score (nSPS) is 23.2. The van der Waals surface area contributed by atoms with E-state index in [1.54, 1.807) is 0 Å². The Bertz CT molecular complexity index is 898. The molecule has 0 bridgehead atoms. The summed E-state index contributed by atoms with van der Waals surface area (Å²) in [6, 6.07) is 0.981. The molecule has 2 amide bonds. The Hall–Kier alpha value is -1.74. The number of anilines is 1. The molecule has 2 aliphatic rings. The molecule has 2 saturated heterocycles. The Morgan fingerprint density at radius 1 is 1.36 bits per heavy atom. The van der Waals surface area contributed by atoms with E-state index in [2.05, 4.69) is 36.5 Å². The summed E-state index contributed by atoms with van der Waals surface area (Å²) < 4.78 is 28.2. The molecule has 25 heavy (non-hydrogen) atoms. The summed E-state index contributed by atoms with van der Waals surface area (Å²) in [6.45, 7) is 1.60. The number of benzene rings is 1. The van der Waals surface area contributed by atoms with Crippen LogP contribution in [0.3, 0.4) is 0 Å². The van der Waals surface area contributed by atoms with Gasteiger partial charge < -0.3 is 15.5 Å². The van der Waals surface area contributed by atoms with Gasteiger partial charge in [-0.3, -0.25) is 0 Å². The summed E-state index contributed by atoms with van der Waals surface area (Å²) in [5, 5.41) is 5.83. The summed E-state index contributed by atoms with van der Waals surface area (Å²) in [5.41, 5.74) is -0.470. The molecule has 1 aromatic heterocycles. The van der Waals surface area contributed by atoms with Gasteiger partial charge in [0, 0.05) is 25.0 Å². The second-order valence-corrected chi connectivity index (χ2v) is 7.44. The minimum Gasteiger partial charge on any atom is -0.354 e. The zero-order valence-electron chi connectivity index (χ0n) is 12.9. The molecule has 0 saturated carbocycles. The molecule has 2 aliphatic heterocycles. The predicted molar refractivity (Wildman–Crippen MR) is 92.9 cm³/mol. The molecule has 3 heterocycles. The molecule has 6 nitrogen and oxygen atoms in total. The Balaban J connectivity index is 1.82. The lowest BCUT2D eigenvalue weighted by Gasteiger charge is -2.40. The third-order valence-corrected chi connectivity index (χ3v) is 5.52. The molecular formula is C15H13BrClF2N5O. The number of carbonyl (C=O) groups is 1. The second kappa shape index (κ2) is 5.91. The lowest BCUT2D eigenvalue weighted by atomic mass is 9.90. The van der Waals surface area contributed by atoms with Crippen LogP contribution in [0.15, 0.2) is 10.5 Å². The third-order valence-electron chi connectivity index (χ3n) is 4.62. The number of rotatable bonds is 1. The quantitative estimate of drug-likeness (QED) is 0.537. The smallest absolute Gasteiger partial charge is 0.315 e. The standard InChI is InChI=1S/C15H13BrClF2N5O/c16-9-8(18)4-7-11(10(9)19)21-13(17)22-12(7)24-3-1-2-15(6-24)5-20-14(25)23-15/h4H,1-3,5-6H2,(H2,20,23,25). The Labute approximate surface area is 155 Å². The highest BCUT2D eigenvalue weighted by molar-refractivity contribution is 9.10. The van der Waals surface area contributed by atoms with Crippen molar-refractivity contribution in [2.75, 3.05) is 24.5 Å². The van der Waals surface area contributed by atoms with Gasteiger partial charge in [0.05, 0.1) is 10.0 Å². The molecule has 0 aliphatic carbocycles. The molecule has 10 heteroatoms. The summed E-state index contributed by atoms with van der Waals surface area (Å²) in [5.74, 6) is -1.19. The average molecular weight is 433 g/mol. The first-order chi connectivity index (χ1) is 11.9. The fourth-order valence-corrected chi connectivity index (χ4v) is 3.98. The van der Waals surface area contributed by atoms with Gasteiger partial charge in [0.25, 0.3) is 0 Å². The number of halogens is 4. The van der Waals surface area contributed by atoms with Gasteiger partial charge in [0.2, 0.25) is 5.28 Å². The summed E-state index contributed by atoms with van der Waals surface area (Å²) in [6.07, 6.45) is 1.61. The van der Waals surface area contributed by atoms with E-state index in [0.29, 0.717) is 25.5 Å². The van der Waals surface area contributed by atoms with E-state index in [1.807, 2.05) is 4.90 Å². The van der Waals surface area contributed by atoms with Gasteiger partial charge in [-0.05, 0) is 46.4 Å². The van der Waals surface area contributed by atoms with Gasteiger partial charge >= 0.3 is 6.03 Å². The number of hydrogen-bond donors (Lipinski definition) is 2. The van der Waals surface area contributed by atoms with Crippen LogP contribution in [0.2, 0.25) is 5.28 Å². The van der Waals surface area contributed by atoms with Crippen molar-refractivity contribution >= 4 is 50.3 Å². The molecular weight excluding hydrogens is 420 g/mol. The monoisotopic (exact) mass is 431 g/mol. The summed E-state index contributed by atoms with van der Waals surface area (Å²) >= 11 is 8.85. The van der Waals surface area contributed by atoms with Crippen molar-refractivity contribution in [2.24, 2.45) is 0 Å². The van der Waals surface area contributed by atoms with Crippen molar-refractivity contribution in [1.82, 2.24) is 20.6 Å². The molecule has 2 aromatic rings. The van der Waals surface area contributed by atoms with Crippen molar-refractivity contribution < 1.29 is 13.6 Å². The molecule has 1 unspecified atom stereocenters. The fourth-order valence-electron chi connectivity index (χ4n) is 3.51. The van der Waals surface area contributed by atoms with E-state index in [9.17, 15) is 13.6 Å². The zero-order valence-corrected chi connectivity index (χ0v) is 15.2. The number of urea groups is 1. The van der Waals surface area contributed by atoms with E-state index < -0.39 is 17.2 Å². The average Bonchev–Trinajstić information content (AvgIpc) is 2.93. The maximum atomic E-state index is 14.4. The van der Waals surface area contributed by atoms with Crippen LogP contribution in [-0.4, -0.2) is 41.2 Å². The van der Waals surface area contributed by atoms with E-state index in [4.69, 9.17) is 11.6 Å². The van der Waals surface area contributed by atoms with E-state index in [1.165, 1.54) is 6.07 Å². The predicted octanol–water partition coefficient (Wildman–Crippen LogP) is 2.98. The number of piperidine rings is 1. The molecule has 1 atom stereocenters. The van der Waals surface area contributed by atoms with Crippen LogP contribution < -0.4 is 15.5 Å². The van der Waals surface area contributed by atoms with Gasteiger partial charge in [-0.25, -0.2) is 18.6 Å². The lowest BCUT2D eigenvalue weighted by molar-refractivity contribution is 0.241. The topological polar surface area (TPSA) is 70.2 Å². The molecule has 4 rings (SSSR count). The second-order valence-electron chi connectivity index (χ2n) is 6.31. The number of aromatic nitrogens is 2. The minimum absolute atomic E-state index is 0.0449. The zero-order chi connectivity index (χ0) is 17.8. The SMILES string of the molecule is O=C1NCC2(CCCN(c3nc(Cl)nc4c(F)c(Br)c(F)cc34)C2)N1. The van der Waals surface area contributed by atoms with E-state index in [-0.39, 0.29) is 26.7 Å². The highest BCUT2D eigenvalue weighted by Crippen LogP contribution is 2.35. The highest BCUT2D eigenvalue weighted by Gasteiger charge is 2.42. The van der Waals surface area contributed by atoms with Crippen molar-refractivity contribution in [3.05, 3.63) is 27.5 Å². The molecule has 2 fully saturated rings. The number of amides is 2. The first kappa shape index (κ1) is 16.7. The number of nitrogens with one attached hydrogen (secondary N) is 2. The van der Waals surface area contributed by atoms with Gasteiger partial charge in [-0.2, -0.15) is 4.98 Å². The first-order valence-electron chi connectivity index (χ1n) is 7.70. The van der Waals surface area contributed by atoms with Crippen LogP contribution in [0.5, 0.6) is 0 Å². The number of nitrogens with zero attached hydrogens (tertiary/aromatic N) is 3. The van der Waals surface area contributed by atoms with Gasteiger partial charge in [-0.15, -0.1) is 0 Å². The van der Waals surface area contributed by atoms with E-state index in [0.717, 1.165) is 12.8 Å². The fraction of sp³-hybridized carbons (Fsp3) is 0.400. The first-order valence-corrected chi connectivity index (χ1v) is 8.87. The number of hydrogen-bond acceptors (Lipinski definition) is 4. The number of fused-ring (bicyclic) bond motifs is 1. The highest BCUT2D eigenvalue weighted by atomic mass is 79.9. The number of carbonyl (C=O) groups excluding carboxylic acids is 1. The van der Waals surface area contributed by atoms with Crippen LogP contribution in [0.25, 0.3) is 10.9 Å². The van der Waals surface area contributed by atoms with Crippen molar-refractivity contribution in [1.29, 1.82) is 0 Å². The van der Waals surface area contributed by atoms with Crippen LogP contribution in [-0.2, 0) is 0 Å². The third kappa shape index (κ3) is 2.79. The van der Waals surface area contributed by atoms with Gasteiger partial charge in [-0.1, -0.05) is 0 Å². The van der Waals surface area contributed by atoms with Crippen LogP contribution >= 0.6 is 27.5 Å². The van der Waals surface area contributed by atoms with Crippen LogP contribution in [0, 0.1) is 11.6 Å². The summed E-state index contributed by atoms with van der Waals surface area (Å²) in [7, 11) is 0. The van der Waals surface area contributed by atoms with Crippen molar-refractivity contribution in [3.63, 3.8) is 0 Å². The van der Waals surface area contributed by atoms with Crippen LogP contribution in [0.4, 0.5) is 19.4 Å². The van der Waals surface area contributed by atoms with Gasteiger partial charge in [0.1, 0.15) is 17.2 Å². The maximum Gasteiger partial charge on any atom is 0.315 e. The molecule has 1 spiro atoms. The largest absolute Gasteiger partial charge is 0.354 e. The molecule has 2 N–H and O–H groups in total. The van der Waals surface area contributed by atoms with Crippen molar-refractivity contribution in [3.8, 4) is 0 Å². The Morgan fingerprint density at radius 2 is 2.16 bits per heavy atom. The molecule has 0 radical (unpaired) electrons. The van der Waals surface area contributed by atoms with Gasteiger partial charge in [0.15, 0.2) is 5.82 Å². The Kier molecular flexibility index (Phi) is 3.95. The Morgan fingerprint density at radius 3 is 2.88 bits per heavy atom. The van der Waals surface area contributed by atoms with E-state index >= 15 is 0 Å². The lowest BCUT2D eigenvalue weighted by Crippen LogP contribution is -2.56.